The summed E-state index contributed by atoms with van der Waals surface area (Å²) >= 11 is 0. The molecule has 27 heavy (non-hydrogen) atoms. The van der Waals surface area contributed by atoms with Gasteiger partial charge in [0.1, 0.15) is 5.75 Å². The van der Waals surface area contributed by atoms with Crippen LogP contribution in [0.3, 0.4) is 0 Å². The number of nitro groups is 1. The van der Waals surface area contributed by atoms with E-state index in [1.54, 1.807) is 48.5 Å². The number of nitro benzene ring substituents is 1. The molecular weight excluding hydrogens is 348 g/mol. The molecule has 0 fully saturated rings. The van der Waals surface area contributed by atoms with E-state index in [1.165, 1.54) is 6.07 Å². The molecule has 0 spiro atoms. The first-order valence-corrected chi connectivity index (χ1v) is 7.94. The highest BCUT2D eigenvalue weighted by Gasteiger charge is 2.17. The number of phenols is 1. The molecule has 2 N–H and O–H groups in total. The number of aromatic hydroxyl groups is 1. The fourth-order valence-electron chi connectivity index (χ4n) is 2.51. The fourth-order valence-corrected chi connectivity index (χ4v) is 2.51. The lowest BCUT2D eigenvalue weighted by Gasteiger charge is -2.08. The molecule has 3 rings (SSSR count). The molecule has 3 aromatic carbocycles. The molecule has 1 amide bonds. The second-order valence-electron chi connectivity index (χ2n) is 5.69. The van der Waals surface area contributed by atoms with Gasteiger partial charge >= 0.3 is 0 Å². The third-order valence-corrected chi connectivity index (χ3v) is 3.85. The molecule has 7 heteroatoms. The Hall–Kier alpha value is -4.00. The van der Waals surface area contributed by atoms with Gasteiger partial charge in [0.15, 0.2) is 5.78 Å². The van der Waals surface area contributed by atoms with Crippen molar-refractivity contribution >= 4 is 23.1 Å². The van der Waals surface area contributed by atoms with E-state index in [0.29, 0.717) is 16.8 Å². The second kappa shape index (κ2) is 7.49. The number of hydrogen-bond donors (Lipinski definition) is 2. The molecule has 7 nitrogen and oxygen atoms in total. The lowest BCUT2D eigenvalue weighted by molar-refractivity contribution is -0.384. The fraction of sp³-hybridized carbons (Fsp3) is 0. The molecule has 0 aromatic heterocycles. The van der Waals surface area contributed by atoms with Crippen molar-refractivity contribution in [2.45, 2.75) is 0 Å². The molecule has 0 aliphatic heterocycles. The third-order valence-electron chi connectivity index (χ3n) is 3.85. The Morgan fingerprint density at radius 3 is 2.30 bits per heavy atom. The van der Waals surface area contributed by atoms with Crippen LogP contribution in [0.4, 0.5) is 11.4 Å². The predicted octanol–water partition coefficient (Wildman–Crippen LogP) is 3.78. The highest BCUT2D eigenvalue weighted by atomic mass is 16.6. The summed E-state index contributed by atoms with van der Waals surface area (Å²) in [7, 11) is 0. The maximum atomic E-state index is 12.5. The van der Waals surface area contributed by atoms with Gasteiger partial charge in [-0.3, -0.25) is 19.7 Å². The van der Waals surface area contributed by atoms with E-state index >= 15 is 0 Å². The van der Waals surface area contributed by atoms with Crippen LogP contribution in [0.1, 0.15) is 26.3 Å². The summed E-state index contributed by atoms with van der Waals surface area (Å²) in [4.78, 5) is 35.1. The molecule has 0 radical (unpaired) electrons. The lowest BCUT2D eigenvalue weighted by Crippen LogP contribution is -2.13. The van der Waals surface area contributed by atoms with Gasteiger partial charge in [-0.1, -0.05) is 42.5 Å². The number of anilines is 1. The van der Waals surface area contributed by atoms with Crippen LogP contribution < -0.4 is 5.32 Å². The van der Waals surface area contributed by atoms with Crippen molar-refractivity contribution < 1.29 is 19.6 Å². The minimum Gasteiger partial charge on any atom is -0.507 e. The standard InChI is InChI=1S/C20H14N2O5/c23-18-10-9-16(22(26)27)12-17(18)20(25)21-15-8-4-7-14(11-15)19(24)13-5-2-1-3-6-13/h1-12,23H,(H,21,25). The highest BCUT2D eigenvalue weighted by molar-refractivity contribution is 6.11. The number of rotatable bonds is 5. The van der Waals surface area contributed by atoms with Crippen molar-refractivity contribution in [3.8, 4) is 5.75 Å². The number of benzene rings is 3. The number of ketones is 1. The number of hydrogen-bond acceptors (Lipinski definition) is 5. The van der Waals surface area contributed by atoms with Crippen LogP contribution in [0.15, 0.2) is 72.8 Å². The summed E-state index contributed by atoms with van der Waals surface area (Å²) in [6, 6.07) is 18.2. The number of phenolic OH excluding ortho intramolecular Hbond substituents is 1. The minimum atomic E-state index is -0.722. The first-order valence-electron chi connectivity index (χ1n) is 7.94. The van der Waals surface area contributed by atoms with Crippen LogP contribution >= 0.6 is 0 Å². The predicted molar refractivity (Wildman–Crippen MR) is 99.0 cm³/mol. The number of carbonyl (C=O) groups excluding carboxylic acids is 2. The van der Waals surface area contributed by atoms with Crippen LogP contribution in [0, 0.1) is 10.1 Å². The van der Waals surface area contributed by atoms with Gasteiger partial charge in [0.05, 0.1) is 10.5 Å². The van der Waals surface area contributed by atoms with Gasteiger partial charge in [0.25, 0.3) is 11.6 Å². The Morgan fingerprint density at radius 1 is 0.889 bits per heavy atom. The summed E-state index contributed by atoms with van der Waals surface area (Å²) in [5, 5.41) is 23.2. The van der Waals surface area contributed by atoms with Crippen LogP contribution in [0.2, 0.25) is 0 Å². The van der Waals surface area contributed by atoms with Crippen molar-refractivity contribution in [1.29, 1.82) is 0 Å². The Kier molecular flexibility index (Phi) is 4.94. The average molecular weight is 362 g/mol. The molecule has 0 aliphatic rings. The van der Waals surface area contributed by atoms with Crippen molar-refractivity contribution in [1.82, 2.24) is 0 Å². The van der Waals surface area contributed by atoms with Crippen LogP contribution in [0.5, 0.6) is 5.75 Å². The molecule has 0 unspecified atom stereocenters. The number of non-ortho nitro benzene ring substituents is 1. The van der Waals surface area contributed by atoms with Crippen molar-refractivity contribution in [3.05, 3.63) is 99.6 Å². The maximum absolute atomic E-state index is 12.5. The third kappa shape index (κ3) is 3.98. The molecular formula is C20H14N2O5. The minimum absolute atomic E-state index is 0.204. The summed E-state index contributed by atoms with van der Waals surface area (Å²) in [6.45, 7) is 0. The molecule has 0 heterocycles. The Morgan fingerprint density at radius 2 is 1.59 bits per heavy atom. The number of amides is 1. The zero-order valence-electron chi connectivity index (χ0n) is 14.0. The first-order chi connectivity index (χ1) is 13.0. The van der Waals surface area contributed by atoms with Gasteiger partial charge in [-0.2, -0.15) is 0 Å². The van der Waals surface area contributed by atoms with E-state index < -0.39 is 10.8 Å². The van der Waals surface area contributed by atoms with E-state index in [1.807, 2.05) is 0 Å². The van der Waals surface area contributed by atoms with Crippen LogP contribution in [-0.2, 0) is 0 Å². The summed E-state index contributed by atoms with van der Waals surface area (Å²) in [6.07, 6.45) is 0. The van der Waals surface area contributed by atoms with Gasteiger partial charge in [0, 0.05) is 28.9 Å². The van der Waals surface area contributed by atoms with Gasteiger partial charge in [-0.15, -0.1) is 0 Å². The normalized spacial score (nSPS) is 10.2. The smallest absolute Gasteiger partial charge is 0.270 e. The first kappa shape index (κ1) is 17.8. The lowest BCUT2D eigenvalue weighted by atomic mass is 10.0. The summed E-state index contributed by atoms with van der Waals surface area (Å²) < 4.78 is 0. The molecule has 0 bridgehead atoms. The second-order valence-corrected chi connectivity index (χ2v) is 5.69. The molecule has 3 aromatic rings. The molecule has 0 aliphatic carbocycles. The number of carbonyl (C=O) groups is 2. The number of nitrogens with one attached hydrogen (secondary N) is 1. The Labute approximate surface area is 154 Å². The van der Waals surface area contributed by atoms with E-state index in [0.717, 1.165) is 18.2 Å². The monoisotopic (exact) mass is 362 g/mol. The van der Waals surface area contributed by atoms with Gasteiger partial charge in [-0.25, -0.2) is 0 Å². The molecule has 0 saturated carbocycles. The zero-order chi connectivity index (χ0) is 19.4. The van der Waals surface area contributed by atoms with E-state index in [9.17, 15) is 24.8 Å². The van der Waals surface area contributed by atoms with E-state index in [2.05, 4.69) is 5.32 Å². The zero-order valence-corrected chi connectivity index (χ0v) is 14.0. The Balaban J connectivity index is 1.85. The van der Waals surface area contributed by atoms with Crippen molar-refractivity contribution in [2.75, 3.05) is 5.32 Å². The molecule has 0 saturated heterocycles. The summed E-state index contributed by atoms with van der Waals surface area (Å²) in [5.41, 5.74) is 0.669. The largest absolute Gasteiger partial charge is 0.507 e. The molecule has 0 atom stereocenters. The van der Waals surface area contributed by atoms with Crippen LogP contribution in [0.25, 0.3) is 0 Å². The van der Waals surface area contributed by atoms with Crippen LogP contribution in [-0.4, -0.2) is 21.7 Å². The SMILES string of the molecule is O=C(c1ccccc1)c1cccc(NC(=O)c2cc([N+](=O)[O-])ccc2O)c1. The Bertz CT molecular complexity index is 1030. The van der Waals surface area contributed by atoms with Crippen molar-refractivity contribution in [3.63, 3.8) is 0 Å². The average Bonchev–Trinajstić information content (AvgIpc) is 2.68. The highest BCUT2D eigenvalue weighted by Crippen LogP contribution is 2.24. The quantitative estimate of drug-likeness (QED) is 0.408. The van der Waals surface area contributed by atoms with E-state index in [-0.39, 0.29) is 22.8 Å². The topological polar surface area (TPSA) is 110 Å². The van der Waals surface area contributed by atoms with Gasteiger partial charge < -0.3 is 10.4 Å². The van der Waals surface area contributed by atoms with Gasteiger partial charge in [0.2, 0.25) is 0 Å². The van der Waals surface area contributed by atoms with E-state index in [4.69, 9.17) is 0 Å². The van der Waals surface area contributed by atoms with Gasteiger partial charge in [-0.05, 0) is 18.2 Å². The van der Waals surface area contributed by atoms with Crippen molar-refractivity contribution in [2.24, 2.45) is 0 Å². The maximum Gasteiger partial charge on any atom is 0.270 e. The molecule has 134 valence electrons. The number of nitrogens with zero attached hydrogens (tertiary/aromatic N) is 1. The summed E-state index contributed by atoms with van der Waals surface area (Å²) in [5.74, 6) is -1.31.